The Balaban J connectivity index is 0.000000151. The van der Waals surface area contributed by atoms with Gasteiger partial charge in [-0.1, -0.05) is 73.3 Å². The Kier molecular flexibility index (Phi) is 5.91. The summed E-state index contributed by atoms with van der Waals surface area (Å²) in [6.07, 6.45) is 1.58. The Bertz CT molecular complexity index is 758. The van der Waals surface area contributed by atoms with Crippen LogP contribution in [0, 0.1) is 0 Å². The molecule has 1 heterocycles. The maximum atomic E-state index is 11.2. The number of carbonyl (C=O) groups excluding carboxylic acids is 1. The molecule has 0 saturated heterocycles. The Morgan fingerprint density at radius 2 is 1.32 bits per heavy atom. The number of Topliss-reactive ketones (excluding diaryl/α,β-unsaturated/α-hetero) is 1. The number of fused-ring (bicyclic) bond motifs is 2. The molecule has 3 heteroatoms. The minimum Gasteiger partial charge on any atom is -0.354 e. The number of para-hydroxylation sites is 2. The summed E-state index contributed by atoms with van der Waals surface area (Å²) in [6, 6.07) is 26.2. The van der Waals surface area contributed by atoms with Gasteiger partial charge in [0.2, 0.25) is 0 Å². The lowest BCUT2D eigenvalue weighted by Gasteiger charge is -2.19. The molecule has 2 nitrogen and oxygen atoms in total. The molecule has 0 amide bonds. The predicted octanol–water partition coefficient (Wildman–Crippen LogP) is 6.56. The van der Waals surface area contributed by atoms with Gasteiger partial charge in [0.25, 0.3) is 0 Å². The smallest absolute Gasteiger partial charge is 0.162 e. The molecule has 25 heavy (non-hydrogen) atoms. The Hall–Kier alpha value is -2.52. The van der Waals surface area contributed by atoms with Gasteiger partial charge in [0.1, 0.15) is 0 Å². The summed E-state index contributed by atoms with van der Waals surface area (Å²) in [5.41, 5.74) is 3.24. The van der Waals surface area contributed by atoms with E-state index in [0.29, 0.717) is 6.42 Å². The molecule has 0 spiro atoms. The van der Waals surface area contributed by atoms with Crippen molar-refractivity contribution in [3.63, 3.8) is 0 Å². The summed E-state index contributed by atoms with van der Waals surface area (Å²) in [6.45, 7) is 2.01. The van der Waals surface area contributed by atoms with Gasteiger partial charge in [-0.2, -0.15) is 0 Å². The van der Waals surface area contributed by atoms with Crippen molar-refractivity contribution in [1.82, 2.24) is 0 Å². The fourth-order valence-corrected chi connectivity index (χ4v) is 3.57. The third kappa shape index (κ3) is 4.52. The van der Waals surface area contributed by atoms with Crippen molar-refractivity contribution < 1.29 is 4.79 Å². The van der Waals surface area contributed by atoms with Crippen molar-refractivity contribution in [3.05, 3.63) is 84.4 Å². The first-order valence-electron chi connectivity index (χ1n) is 8.49. The molecule has 0 radical (unpaired) electrons. The highest BCUT2D eigenvalue weighted by molar-refractivity contribution is 7.99. The predicted molar refractivity (Wildman–Crippen MR) is 106 cm³/mol. The van der Waals surface area contributed by atoms with Gasteiger partial charge in [-0.25, -0.2) is 0 Å². The summed E-state index contributed by atoms with van der Waals surface area (Å²) in [5, 5.41) is 3.42. The molecule has 1 N–H and O–H groups in total. The van der Waals surface area contributed by atoms with E-state index < -0.39 is 0 Å². The SMILES string of the molecule is CCCC(=O)c1ccccc1.c1ccc2c(c1)Nc1ccccc1S2. The zero-order valence-corrected chi connectivity index (χ0v) is 15.1. The molecule has 0 bridgehead atoms. The molecule has 3 aromatic carbocycles. The van der Waals surface area contributed by atoms with Crippen molar-refractivity contribution >= 4 is 28.9 Å². The van der Waals surface area contributed by atoms with Crippen LogP contribution in [-0.4, -0.2) is 5.78 Å². The van der Waals surface area contributed by atoms with E-state index in [1.54, 1.807) is 0 Å². The fraction of sp³-hybridized carbons (Fsp3) is 0.136. The first kappa shape index (κ1) is 17.3. The molecule has 1 aliphatic heterocycles. The van der Waals surface area contributed by atoms with Gasteiger partial charge in [0.05, 0.1) is 11.4 Å². The highest BCUT2D eigenvalue weighted by atomic mass is 32.2. The van der Waals surface area contributed by atoms with E-state index in [0.717, 1.165) is 12.0 Å². The van der Waals surface area contributed by atoms with E-state index in [1.165, 1.54) is 21.2 Å². The first-order chi connectivity index (χ1) is 12.3. The number of nitrogens with one attached hydrogen (secondary N) is 1. The van der Waals surface area contributed by atoms with E-state index in [-0.39, 0.29) is 5.78 Å². The second-order valence-corrected chi connectivity index (χ2v) is 6.84. The second kappa shape index (κ2) is 8.54. The molecule has 0 saturated carbocycles. The number of hydrogen-bond acceptors (Lipinski definition) is 3. The van der Waals surface area contributed by atoms with Crippen LogP contribution in [0.2, 0.25) is 0 Å². The third-order valence-corrected chi connectivity index (χ3v) is 4.99. The number of benzene rings is 3. The number of ketones is 1. The summed E-state index contributed by atoms with van der Waals surface area (Å²) in [5.74, 6) is 0.244. The zero-order chi connectivity index (χ0) is 17.5. The maximum absolute atomic E-state index is 11.2. The molecule has 0 fully saturated rings. The van der Waals surface area contributed by atoms with Crippen molar-refractivity contribution in [2.24, 2.45) is 0 Å². The van der Waals surface area contributed by atoms with E-state index in [4.69, 9.17) is 0 Å². The van der Waals surface area contributed by atoms with Gasteiger partial charge in [-0.3, -0.25) is 4.79 Å². The summed E-state index contributed by atoms with van der Waals surface area (Å²) in [7, 11) is 0. The van der Waals surface area contributed by atoms with Gasteiger partial charge in [-0.05, 0) is 30.7 Å². The van der Waals surface area contributed by atoms with Crippen LogP contribution >= 0.6 is 11.8 Å². The van der Waals surface area contributed by atoms with Crippen LogP contribution < -0.4 is 5.32 Å². The largest absolute Gasteiger partial charge is 0.354 e. The lowest BCUT2D eigenvalue weighted by molar-refractivity contribution is 0.0982. The van der Waals surface area contributed by atoms with Crippen LogP contribution in [0.15, 0.2) is 88.7 Å². The standard InChI is InChI=1S/C12H9NS.C10H12O/c1-3-7-11-9(5-1)13-10-6-2-4-8-12(10)14-11;1-2-6-10(11)9-7-4-3-5-8-9/h1-8,13H;3-5,7-8H,2,6H2,1H3. The monoisotopic (exact) mass is 347 g/mol. The van der Waals surface area contributed by atoms with Crippen LogP contribution in [0.4, 0.5) is 11.4 Å². The molecule has 0 atom stereocenters. The minimum absolute atomic E-state index is 0.244. The molecule has 3 aromatic rings. The minimum atomic E-state index is 0.244. The number of hydrogen-bond donors (Lipinski definition) is 1. The molecule has 1 aliphatic rings. The van der Waals surface area contributed by atoms with Gasteiger partial charge < -0.3 is 5.32 Å². The second-order valence-electron chi connectivity index (χ2n) is 5.76. The summed E-state index contributed by atoms with van der Waals surface area (Å²) < 4.78 is 0. The molecule has 126 valence electrons. The van der Waals surface area contributed by atoms with Crippen molar-refractivity contribution in [2.75, 3.05) is 5.32 Å². The number of carbonyl (C=O) groups is 1. The molecule has 4 rings (SSSR count). The van der Waals surface area contributed by atoms with Crippen molar-refractivity contribution in [3.8, 4) is 0 Å². The lowest BCUT2D eigenvalue weighted by atomic mass is 10.1. The van der Waals surface area contributed by atoms with E-state index in [9.17, 15) is 4.79 Å². The quantitative estimate of drug-likeness (QED) is 0.425. The molecular formula is C22H21NOS. The molecular weight excluding hydrogens is 326 g/mol. The fourth-order valence-electron chi connectivity index (χ4n) is 2.58. The Morgan fingerprint density at radius 3 is 1.88 bits per heavy atom. The number of rotatable bonds is 3. The average molecular weight is 347 g/mol. The van der Waals surface area contributed by atoms with Crippen LogP contribution in [0.3, 0.4) is 0 Å². The zero-order valence-electron chi connectivity index (χ0n) is 14.2. The first-order valence-corrected chi connectivity index (χ1v) is 9.30. The van der Waals surface area contributed by atoms with E-state index in [1.807, 2.05) is 49.0 Å². The molecule has 0 aromatic heterocycles. The maximum Gasteiger partial charge on any atom is 0.162 e. The highest BCUT2D eigenvalue weighted by Gasteiger charge is 2.13. The number of anilines is 2. The topological polar surface area (TPSA) is 29.1 Å². The van der Waals surface area contributed by atoms with Crippen LogP contribution in [-0.2, 0) is 0 Å². The highest BCUT2D eigenvalue weighted by Crippen LogP contribution is 2.43. The van der Waals surface area contributed by atoms with Crippen molar-refractivity contribution in [2.45, 2.75) is 29.6 Å². The third-order valence-electron chi connectivity index (χ3n) is 3.84. The summed E-state index contributed by atoms with van der Waals surface area (Å²) >= 11 is 1.82. The van der Waals surface area contributed by atoms with Gasteiger partial charge in [0.15, 0.2) is 5.78 Å². The van der Waals surface area contributed by atoms with Gasteiger partial charge in [0, 0.05) is 21.8 Å². The van der Waals surface area contributed by atoms with Gasteiger partial charge >= 0.3 is 0 Å². The van der Waals surface area contributed by atoms with Crippen LogP contribution in [0.5, 0.6) is 0 Å². The molecule has 0 aliphatic carbocycles. The average Bonchev–Trinajstić information content (AvgIpc) is 2.68. The van der Waals surface area contributed by atoms with Crippen molar-refractivity contribution in [1.29, 1.82) is 0 Å². The Labute approximate surface area is 153 Å². The van der Waals surface area contributed by atoms with Gasteiger partial charge in [-0.15, -0.1) is 0 Å². The molecule has 0 unspecified atom stereocenters. The van der Waals surface area contributed by atoms with Crippen LogP contribution in [0.1, 0.15) is 30.1 Å². The van der Waals surface area contributed by atoms with E-state index in [2.05, 4.69) is 53.8 Å². The van der Waals surface area contributed by atoms with Crippen LogP contribution in [0.25, 0.3) is 0 Å². The lowest BCUT2D eigenvalue weighted by Crippen LogP contribution is -1.98. The normalized spacial score (nSPS) is 11.2. The summed E-state index contributed by atoms with van der Waals surface area (Å²) in [4.78, 5) is 13.8. The Morgan fingerprint density at radius 1 is 0.800 bits per heavy atom. The van der Waals surface area contributed by atoms with E-state index >= 15 is 0 Å².